The highest BCUT2D eigenvalue weighted by atomic mass is 16.3. The van der Waals surface area contributed by atoms with E-state index in [4.69, 9.17) is 9.68 Å². The van der Waals surface area contributed by atoms with Gasteiger partial charge in [0.2, 0.25) is 5.91 Å². The monoisotopic (exact) mass is 257 g/mol. The van der Waals surface area contributed by atoms with Gasteiger partial charge in [-0.2, -0.15) is 5.26 Å². The van der Waals surface area contributed by atoms with Crippen molar-refractivity contribution in [1.82, 2.24) is 4.98 Å². The Bertz CT molecular complexity index is 625. The number of aromatic nitrogens is 1. The lowest BCUT2D eigenvalue weighted by molar-refractivity contribution is -0.115. The number of nitrogens with one attached hydrogen (secondary N) is 1. The average Bonchev–Trinajstić information content (AvgIpc) is 2.80. The van der Waals surface area contributed by atoms with Gasteiger partial charge in [0.25, 0.3) is 0 Å². The number of benzene rings is 1. The van der Waals surface area contributed by atoms with Gasteiger partial charge in [0.1, 0.15) is 11.9 Å². The molecule has 0 aliphatic carbocycles. The lowest BCUT2D eigenvalue weighted by atomic mass is 10.2. The molecular formula is C14H15N3O2. The molecule has 1 N–H and O–H groups in total. The number of carbonyl (C=O) groups is 1. The second-order valence-electron chi connectivity index (χ2n) is 4.25. The first-order chi connectivity index (χ1) is 9.24. The van der Waals surface area contributed by atoms with Crippen molar-refractivity contribution in [3.8, 4) is 6.07 Å². The van der Waals surface area contributed by atoms with E-state index >= 15 is 0 Å². The summed E-state index contributed by atoms with van der Waals surface area (Å²) in [4.78, 5) is 15.8. The van der Waals surface area contributed by atoms with Crippen LogP contribution in [0.25, 0.3) is 11.1 Å². The zero-order valence-electron chi connectivity index (χ0n) is 10.8. The standard InChI is InChI=1S/C14H15N3O2/c1-2-3-7-13-17-14-10(16-12(18)8-9-15)5-4-6-11(14)19-13/h4-6H,2-3,7-8H2,1H3,(H,16,18). The molecule has 0 bridgehead atoms. The van der Waals surface area contributed by atoms with Crippen LogP contribution in [0.3, 0.4) is 0 Å². The van der Waals surface area contributed by atoms with E-state index in [1.807, 2.05) is 12.1 Å². The number of carbonyl (C=O) groups excluding carboxylic acids is 1. The number of fused-ring (bicyclic) bond motifs is 1. The molecule has 0 saturated heterocycles. The Balaban J connectivity index is 2.26. The van der Waals surface area contributed by atoms with Gasteiger partial charge in [-0.15, -0.1) is 0 Å². The highest BCUT2D eigenvalue weighted by Crippen LogP contribution is 2.24. The molecule has 2 rings (SSSR count). The number of oxazole rings is 1. The van der Waals surface area contributed by atoms with E-state index in [0.717, 1.165) is 19.3 Å². The Kier molecular flexibility index (Phi) is 4.14. The van der Waals surface area contributed by atoms with Gasteiger partial charge in [-0.3, -0.25) is 4.79 Å². The van der Waals surface area contributed by atoms with E-state index in [0.29, 0.717) is 22.7 Å². The van der Waals surface area contributed by atoms with Crippen LogP contribution >= 0.6 is 0 Å². The summed E-state index contributed by atoms with van der Waals surface area (Å²) in [6, 6.07) is 7.17. The van der Waals surface area contributed by atoms with Crippen molar-refractivity contribution >= 4 is 22.7 Å². The predicted molar refractivity (Wildman–Crippen MR) is 71.5 cm³/mol. The molecule has 1 amide bonds. The number of hydrogen-bond acceptors (Lipinski definition) is 4. The molecule has 19 heavy (non-hydrogen) atoms. The maximum atomic E-state index is 11.4. The van der Waals surface area contributed by atoms with Gasteiger partial charge in [0.05, 0.1) is 11.8 Å². The second-order valence-corrected chi connectivity index (χ2v) is 4.25. The van der Waals surface area contributed by atoms with Crippen molar-refractivity contribution in [3.63, 3.8) is 0 Å². The largest absolute Gasteiger partial charge is 0.441 e. The van der Waals surface area contributed by atoms with Crippen molar-refractivity contribution in [2.24, 2.45) is 0 Å². The maximum Gasteiger partial charge on any atom is 0.238 e. The number of aryl methyl sites for hydroxylation is 1. The van der Waals surface area contributed by atoms with Crippen LogP contribution in [0.1, 0.15) is 32.1 Å². The second kappa shape index (κ2) is 6.01. The first-order valence-corrected chi connectivity index (χ1v) is 6.29. The molecule has 0 radical (unpaired) electrons. The number of amides is 1. The van der Waals surface area contributed by atoms with Crippen molar-refractivity contribution in [3.05, 3.63) is 24.1 Å². The fourth-order valence-corrected chi connectivity index (χ4v) is 1.80. The number of rotatable bonds is 5. The molecule has 0 aliphatic heterocycles. The first kappa shape index (κ1) is 13.1. The van der Waals surface area contributed by atoms with E-state index in [9.17, 15) is 4.79 Å². The van der Waals surface area contributed by atoms with Crippen LogP contribution in [0.2, 0.25) is 0 Å². The molecule has 0 atom stereocenters. The van der Waals surface area contributed by atoms with Crippen LogP contribution in [0.5, 0.6) is 0 Å². The highest BCUT2D eigenvalue weighted by molar-refractivity contribution is 5.99. The van der Waals surface area contributed by atoms with Crippen LogP contribution in [-0.4, -0.2) is 10.9 Å². The molecule has 1 heterocycles. The van der Waals surface area contributed by atoms with Crippen molar-refractivity contribution in [2.45, 2.75) is 32.6 Å². The number of nitrogens with zero attached hydrogens (tertiary/aromatic N) is 2. The topological polar surface area (TPSA) is 78.9 Å². The average molecular weight is 257 g/mol. The van der Waals surface area contributed by atoms with Gasteiger partial charge in [0, 0.05) is 6.42 Å². The van der Waals surface area contributed by atoms with Gasteiger partial charge in [0.15, 0.2) is 11.5 Å². The van der Waals surface area contributed by atoms with Gasteiger partial charge in [-0.05, 0) is 18.6 Å². The molecule has 2 aromatic rings. The normalized spacial score (nSPS) is 10.3. The number of anilines is 1. The Morgan fingerprint density at radius 1 is 1.53 bits per heavy atom. The minimum absolute atomic E-state index is 0.170. The summed E-state index contributed by atoms with van der Waals surface area (Å²) in [5, 5.41) is 11.2. The quantitative estimate of drug-likeness (QED) is 0.892. The maximum absolute atomic E-state index is 11.4. The summed E-state index contributed by atoms with van der Waals surface area (Å²) in [5.74, 6) is 0.340. The Morgan fingerprint density at radius 2 is 2.37 bits per heavy atom. The SMILES string of the molecule is CCCCc1nc2c(NC(=O)CC#N)cccc2o1. The number of unbranched alkanes of at least 4 members (excludes halogenated alkanes) is 1. The Hall–Kier alpha value is -2.35. The van der Waals surface area contributed by atoms with Crippen molar-refractivity contribution in [1.29, 1.82) is 5.26 Å². The van der Waals surface area contributed by atoms with E-state index in [1.165, 1.54) is 0 Å². The zero-order chi connectivity index (χ0) is 13.7. The molecule has 0 unspecified atom stereocenters. The molecule has 0 fully saturated rings. The molecule has 1 aromatic carbocycles. The third-order valence-electron chi connectivity index (χ3n) is 2.72. The van der Waals surface area contributed by atoms with Crippen molar-refractivity contribution in [2.75, 3.05) is 5.32 Å². The number of hydrogen-bond donors (Lipinski definition) is 1. The fraction of sp³-hybridized carbons (Fsp3) is 0.357. The molecule has 5 heteroatoms. The highest BCUT2D eigenvalue weighted by Gasteiger charge is 2.11. The fourth-order valence-electron chi connectivity index (χ4n) is 1.80. The molecule has 1 aromatic heterocycles. The van der Waals surface area contributed by atoms with Crippen molar-refractivity contribution < 1.29 is 9.21 Å². The van der Waals surface area contributed by atoms with Crippen LogP contribution in [0.4, 0.5) is 5.69 Å². The van der Waals surface area contributed by atoms with E-state index in [-0.39, 0.29) is 12.3 Å². The van der Waals surface area contributed by atoms with E-state index < -0.39 is 0 Å². The van der Waals surface area contributed by atoms with Crippen LogP contribution in [-0.2, 0) is 11.2 Å². The third kappa shape index (κ3) is 3.10. The van der Waals surface area contributed by atoms with Gasteiger partial charge in [-0.1, -0.05) is 19.4 Å². The number of para-hydroxylation sites is 1. The summed E-state index contributed by atoms with van der Waals surface area (Å²) in [5.41, 5.74) is 1.88. The summed E-state index contributed by atoms with van der Waals surface area (Å²) in [6.45, 7) is 2.11. The lowest BCUT2D eigenvalue weighted by Gasteiger charge is -2.01. The van der Waals surface area contributed by atoms with Gasteiger partial charge < -0.3 is 9.73 Å². The summed E-state index contributed by atoms with van der Waals surface area (Å²) < 4.78 is 5.62. The molecular weight excluding hydrogens is 242 g/mol. The Labute approximate surface area is 111 Å². The first-order valence-electron chi connectivity index (χ1n) is 6.29. The van der Waals surface area contributed by atoms with Gasteiger partial charge in [-0.25, -0.2) is 4.98 Å². The summed E-state index contributed by atoms with van der Waals surface area (Å²) >= 11 is 0. The predicted octanol–water partition coefficient (Wildman–Crippen LogP) is 3.02. The third-order valence-corrected chi connectivity index (χ3v) is 2.72. The smallest absolute Gasteiger partial charge is 0.238 e. The lowest BCUT2D eigenvalue weighted by Crippen LogP contribution is -2.10. The molecule has 0 spiro atoms. The summed E-state index contributed by atoms with van der Waals surface area (Å²) in [7, 11) is 0. The Morgan fingerprint density at radius 3 is 3.11 bits per heavy atom. The number of nitriles is 1. The van der Waals surface area contributed by atoms with E-state index in [1.54, 1.807) is 12.1 Å². The minimum atomic E-state index is -0.340. The zero-order valence-corrected chi connectivity index (χ0v) is 10.8. The molecule has 0 aliphatic rings. The molecule has 5 nitrogen and oxygen atoms in total. The minimum Gasteiger partial charge on any atom is -0.441 e. The molecule has 98 valence electrons. The molecule has 0 saturated carbocycles. The van der Waals surface area contributed by atoms with Crippen LogP contribution in [0, 0.1) is 11.3 Å². The van der Waals surface area contributed by atoms with Gasteiger partial charge >= 0.3 is 0 Å². The van der Waals surface area contributed by atoms with Crippen LogP contribution in [0.15, 0.2) is 22.6 Å². The summed E-state index contributed by atoms with van der Waals surface area (Å²) in [6.07, 6.45) is 2.71. The van der Waals surface area contributed by atoms with E-state index in [2.05, 4.69) is 17.2 Å². The van der Waals surface area contributed by atoms with Crippen LogP contribution < -0.4 is 5.32 Å².